The SMILES string of the molecule is CC1=C2CCC[C@H](O)[C@@]2(Cc2ccccc2)CC(=CC[C@@H](C)O)C1=O. The lowest BCUT2D eigenvalue weighted by Gasteiger charge is -2.48. The molecule has 0 amide bonds. The van der Waals surface area contributed by atoms with Crippen LogP contribution in [0.4, 0.5) is 0 Å². The van der Waals surface area contributed by atoms with Crippen LogP contribution in [0.2, 0.25) is 0 Å². The van der Waals surface area contributed by atoms with Crippen molar-refractivity contribution in [3.05, 3.63) is 58.7 Å². The molecule has 1 aromatic rings. The van der Waals surface area contributed by atoms with Gasteiger partial charge in [0.15, 0.2) is 5.78 Å². The Morgan fingerprint density at radius 3 is 2.72 bits per heavy atom. The largest absolute Gasteiger partial charge is 0.393 e. The lowest BCUT2D eigenvalue weighted by Crippen LogP contribution is -2.46. The van der Waals surface area contributed by atoms with Crippen molar-refractivity contribution in [2.24, 2.45) is 5.41 Å². The average Bonchev–Trinajstić information content (AvgIpc) is 2.59. The van der Waals surface area contributed by atoms with Gasteiger partial charge < -0.3 is 10.2 Å². The number of carbonyl (C=O) groups is 1. The number of fused-ring (bicyclic) bond motifs is 1. The first-order valence-electron chi connectivity index (χ1n) is 9.28. The normalized spacial score (nSPS) is 29.7. The van der Waals surface area contributed by atoms with E-state index in [0.717, 1.165) is 42.4 Å². The zero-order chi connectivity index (χ0) is 18.0. The maximum Gasteiger partial charge on any atom is 0.184 e. The molecule has 2 N–H and O–H groups in total. The quantitative estimate of drug-likeness (QED) is 0.821. The Labute approximate surface area is 150 Å². The molecule has 0 heterocycles. The van der Waals surface area contributed by atoms with Gasteiger partial charge >= 0.3 is 0 Å². The number of aliphatic hydroxyl groups is 2. The van der Waals surface area contributed by atoms with Crippen LogP contribution in [0.5, 0.6) is 0 Å². The minimum atomic E-state index is -0.465. The summed E-state index contributed by atoms with van der Waals surface area (Å²) in [6.45, 7) is 3.64. The van der Waals surface area contributed by atoms with Gasteiger partial charge in [0.2, 0.25) is 0 Å². The van der Waals surface area contributed by atoms with E-state index in [1.54, 1.807) is 6.92 Å². The van der Waals surface area contributed by atoms with Crippen molar-refractivity contribution in [1.82, 2.24) is 0 Å². The van der Waals surface area contributed by atoms with Gasteiger partial charge in [0, 0.05) is 5.41 Å². The summed E-state index contributed by atoms with van der Waals surface area (Å²) in [7, 11) is 0. The molecule has 2 aliphatic rings. The standard InChI is InChI=1S/C22H28O3/c1-15(23)11-12-18-14-22(13-17-7-4-3-5-8-17)19(16(2)21(18)25)9-6-10-20(22)24/h3-5,7-8,12,15,20,23-24H,6,9-11,13-14H2,1-2H3/t15-,20+,22+/m1/s1. The molecule has 0 unspecified atom stereocenters. The van der Waals surface area contributed by atoms with Crippen LogP contribution in [0.3, 0.4) is 0 Å². The third kappa shape index (κ3) is 3.49. The summed E-state index contributed by atoms with van der Waals surface area (Å²) < 4.78 is 0. The lowest BCUT2D eigenvalue weighted by atomic mass is 9.57. The van der Waals surface area contributed by atoms with Gasteiger partial charge in [0.05, 0.1) is 12.2 Å². The van der Waals surface area contributed by atoms with Crippen LogP contribution in [-0.4, -0.2) is 28.2 Å². The molecule has 0 aromatic heterocycles. The van der Waals surface area contributed by atoms with Crippen molar-refractivity contribution in [3.8, 4) is 0 Å². The van der Waals surface area contributed by atoms with Gasteiger partial charge in [-0.3, -0.25) is 4.79 Å². The fourth-order valence-corrected chi connectivity index (χ4v) is 4.51. The number of ketones is 1. The second-order valence-corrected chi connectivity index (χ2v) is 7.65. The van der Waals surface area contributed by atoms with Gasteiger partial charge in [-0.25, -0.2) is 0 Å². The van der Waals surface area contributed by atoms with Crippen LogP contribution < -0.4 is 0 Å². The van der Waals surface area contributed by atoms with E-state index in [0.29, 0.717) is 12.8 Å². The Morgan fingerprint density at radius 1 is 1.32 bits per heavy atom. The molecular weight excluding hydrogens is 312 g/mol. The van der Waals surface area contributed by atoms with E-state index in [1.807, 2.05) is 31.2 Å². The summed E-state index contributed by atoms with van der Waals surface area (Å²) in [6, 6.07) is 10.2. The number of allylic oxidation sites excluding steroid dienone is 2. The van der Waals surface area contributed by atoms with Gasteiger partial charge in [-0.15, -0.1) is 0 Å². The molecule has 0 spiro atoms. The monoisotopic (exact) mass is 340 g/mol. The molecule has 3 heteroatoms. The summed E-state index contributed by atoms with van der Waals surface area (Å²) in [6.07, 6.45) is 5.38. The number of hydrogen-bond acceptors (Lipinski definition) is 3. The number of Topliss-reactive ketones (excluding diaryl/α,β-unsaturated/α-hetero) is 1. The second-order valence-electron chi connectivity index (χ2n) is 7.65. The molecule has 3 atom stereocenters. The maximum absolute atomic E-state index is 12.8. The molecule has 3 nitrogen and oxygen atoms in total. The molecule has 1 aromatic carbocycles. The van der Waals surface area contributed by atoms with Crippen molar-refractivity contribution < 1.29 is 15.0 Å². The first kappa shape index (κ1) is 18.1. The summed E-state index contributed by atoms with van der Waals surface area (Å²) in [5.74, 6) is 0.0911. The van der Waals surface area contributed by atoms with E-state index < -0.39 is 12.2 Å². The number of benzene rings is 1. The van der Waals surface area contributed by atoms with E-state index in [9.17, 15) is 15.0 Å². The molecule has 3 rings (SSSR count). The van der Waals surface area contributed by atoms with Crippen LogP contribution in [0.1, 0.15) is 51.5 Å². The molecule has 134 valence electrons. The molecule has 0 bridgehead atoms. The van der Waals surface area contributed by atoms with Gasteiger partial charge in [0.1, 0.15) is 0 Å². The van der Waals surface area contributed by atoms with Crippen molar-refractivity contribution >= 4 is 5.78 Å². The molecule has 2 aliphatic carbocycles. The summed E-state index contributed by atoms with van der Waals surface area (Å²) in [5.41, 5.74) is 3.51. The van der Waals surface area contributed by atoms with Crippen molar-refractivity contribution in [2.45, 2.75) is 64.6 Å². The number of carbonyl (C=O) groups excluding carboxylic acids is 1. The maximum atomic E-state index is 12.8. The first-order valence-corrected chi connectivity index (χ1v) is 9.28. The van der Waals surface area contributed by atoms with Gasteiger partial charge in [-0.1, -0.05) is 42.0 Å². The van der Waals surface area contributed by atoms with Crippen LogP contribution >= 0.6 is 0 Å². The van der Waals surface area contributed by atoms with Crippen LogP contribution in [0.15, 0.2) is 53.1 Å². The Hall–Kier alpha value is -1.71. The first-order chi connectivity index (χ1) is 11.9. The topological polar surface area (TPSA) is 57.5 Å². The van der Waals surface area contributed by atoms with E-state index >= 15 is 0 Å². The van der Waals surface area contributed by atoms with Crippen molar-refractivity contribution in [3.63, 3.8) is 0 Å². The highest BCUT2D eigenvalue weighted by molar-refractivity contribution is 6.09. The van der Waals surface area contributed by atoms with Gasteiger partial charge in [0.25, 0.3) is 0 Å². The van der Waals surface area contributed by atoms with E-state index in [2.05, 4.69) is 12.1 Å². The predicted octanol–water partition coefficient (Wildman–Crippen LogP) is 3.75. The fraction of sp³-hybridized carbons (Fsp3) is 0.500. The third-order valence-electron chi connectivity index (χ3n) is 5.80. The molecule has 0 aliphatic heterocycles. The number of aliphatic hydroxyl groups excluding tert-OH is 2. The highest BCUT2D eigenvalue weighted by Gasteiger charge is 2.48. The zero-order valence-electron chi connectivity index (χ0n) is 15.2. The Morgan fingerprint density at radius 2 is 2.04 bits per heavy atom. The highest BCUT2D eigenvalue weighted by Crippen LogP contribution is 2.52. The summed E-state index contributed by atoms with van der Waals surface area (Å²) >= 11 is 0. The number of hydrogen-bond donors (Lipinski definition) is 2. The van der Waals surface area contributed by atoms with Crippen molar-refractivity contribution in [1.29, 1.82) is 0 Å². The predicted molar refractivity (Wildman–Crippen MR) is 99.1 cm³/mol. The van der Waals surface area contributed by atoms with E-state index in [1.165, 1.54) is 5.56 Å². The zero-order valence-corrected chi connectivity index (χ0v) is 15.2. The minimum absolute atomic E-state index is 0.0911. The third-order valence-corrected chi connectivity index (χ3v) is 5.80. The number of rotatable bonds is 4. The lowest BCUT2D eigenvalue weighted by molar-refractivity contribution is -0.113. The molecule has 1 saturated carbocycles. The average molecular weight is 340 g/mol. The minimum Gasteiger partial charge on any atom is -0.393 e. The summed E-state index contributed by atoms with van der Waals surface area (Å²) in [5, 5.41) is 20.6. The summed E-state index contributed by atoms with van der Waals surface area (Å²) in [4.78, 5) is 12.8. The Kier molecular flexibility index (Phi) is 5.26. The smallest absolute Gasteiger partial charge is 0.184 e. The molecule has 0 saturated heterocycles. The second kappa shape index (κ2) is 7.27. The highest BCUT2D eigenvalue weighted by atomic mass is 16.3. The van der Waals surface area contributed by atoms with Gasteiger partial charge in [-0.2, -0.15) is 0 Å². The molecule has 25 heavy (non-hydrogen) atoms. The van der Waals surface area contributed by atoms with E-state index in [4.69, 9.17) is 0 Å². The van der Waals surface area contributed by atoms with Crippen molar-refractivity contribution in [2.75, 3.05) is 0 Å². The van der Waals surface area contributed by atoms with Gasteiger partial charge in [-0.05, 0) is 69.1 Å². The van der Waals surface area contributed by atoms with Crippen LogP contribution in [-0.2, 0) is 11.2 Å². The Bertz CT molecular complexity index is 699. The van der Waals surface area contributed by atoms with E-state index in [-0.39, 0.29) is 11.2 Å². The van der Waals surface area contributed by atoms with Crippen LogP contribution in [0, 0.1) is 5.41 Å². The molecular formula is C22H28O3. The molecule has 0 radical (unpaired) electrons. The molecule has 1 fully saturated rings. The fourth-order valence-electron chi connectivity index (χ4n) is 4.51. The Balaban J connectivity index is 2.05. The van der Waals surface area contributed by atoms with Crippen LogP contribution in [0.25, 0.3) is 0 Å².